The molecule has 0 unspecified atom stereocenters. The lowest BCUT2D eigenvalue weighted by Crippen LogP contribution is -2.29. The number of aromatic carboxylic acids is 1. The van der Waals surface area contributed by atoms with Crippen LogP contribution in [0, 0.1) is 12.8 Å². The van der Waals surface area contributed by atoms with Gasteiger partial charge in [-0.1, -0.05) is 18.9 Å². The molecule has 1 aromatic carbocycles. The summed E-state index contributed by atoms with van der Waals surface area (Å²) in [4.78, 5) is 11.0. The second-order valence-corrected chi connectivity index (χ2v) is 7.02. The lowest BCUT2D eigenvalue weighted by molar-refractivity contribution is 0.0696. The molecule has 0 saturated heterocycles. The predicted molar refractivity (Wildman–Crippen MR) is 75.3 cm³/mol. The lowest BCUT2D eigenvalue weighted by Gasteiger charge is -2.13. The molecule has 1 aliphatic carbocycles. The van der Waals surface area contributed by atoms with Gasteiger partial charge in [-0.25, -0.2) is 17.9 Å². The minimum absolute atomic E-state index is 0.0168. The average Bonchev–Trinajstić information content (AvgIpc) is 2.89. The smallest absolute Gasteiger partial charge is 0.335 e. The van der Waals surface area contributed by atoms with Gasteiger partial charge in [0.25, 0.3) is 0 Å². The van der Waals surface area contributed by atoms with E-state index in [4.69, 9.17) is 5.11 Å². The van der Waals surface area contributed by atoms with E-state index in [0.29, 0.717) is 18.0 Å². The van der Waals surface area contributed by atoms with Crippen LogP contribution in [0.3, 0.4) is 0 Å². The zero-order valence-corrected chi connectivity index (χ0v) is 12.2. The second-order valence-electron chi connectivity index (χ2n) is 5.29. The Morgan fingerprint density at radius 3 is 2.60 bits per heavy atom. The maximum atomic E-state index is 12.3. The van der Waals surface area contributed by atoms with Crippen molar-refractivity contribution in [1.82, 2.24) is 4.72 Å². The third-order valence-corrected chi connectivity index (χ3v) is 5.33. The number of sulfonamides is 1. The van der Waals surface area contributed by atoms with Gasteiger partial charge in [-0.05, 0) is 43.4 Å². The first-order valence-corrected chi connectivity index (χ1v) is 8.22. The predicted octanol–water partition coefficient (Wildman–Crippen LogP) is 2.16. The molecule has 2 N–H and O–H groups in total. The summed E-state index contributed by atoms with van der Waals surface area (Å²) in [7, 11) is -3.65. The van der Waals surface area contributed by atoms with E-state index in [9.17, 15) is 13.2 Å². The monoisotopic (exact) mass is 297 g/mol. The quantitative estimate of drug-likeness (QED) is 0.872. The van der Waals surface area contributed by atoms with Gasteiger partial charge in [0.15, 0.2) is 0 Å². The van der Waals surface area contributed by atoms with Crippen LogP contribution in [0.1, 0.15) is 41.6 Å². The molecule has 1 saturated carbocycles. The van der Waals surface area contributed by atoms with Gasteiger partial charge < -0.3 is 5.11 Å². The van der Waals surface area contributed by atoms with E-state index in [1.807, 2.05) is 0 Å². The number of benzene rings is 1. The minimum atomic E-state index is -3.65. The molecule has 0 heterocycles. The van der Waals surface area contributed by atoms with Crippen molar-refractivity contribution in [3.63, 3.8) is 0 Å². The van der Waals surface area contributed by atoms with Gasteiger partial charge in [0.05, 0.1) is 10.5 Å². The minimum Gasteiger partial charge on any atom is -0.478 e. The maximum Gasteiger partial charge on any atom is 0.335 e. The molecule has 0 aliphatic heterocycles. The van der Waals surface area contributed by atoms with Crippen LogP contribution in [0.5, 0.6) is 0 Å². The van der Waals surface area contributed by atoms with Crippen molar-refractivity contribution in [3.8, 4) is 0 Å². The van der Waals surface area contributed by atoms with Gasteiger partial charge in [-0.3, -0.25) is 0 Å². The van der Waals surface area contributed by atoms with E-state index in [-0.39, 0.29) is 10.5 Å². The first-order valence-electron chi connectivity index (χ1n) is 6.74. The maximum absolute atomic E-state index is 12.3. The van der Waals surface area contributed by atoms with Crippen LogP contribution in [0.15, 0.2) is 23.1 Å². The van der Waals surface area contributed by atoms with Crippen LogP contribution in [-0.4, -0.2) is 26.0 Å². The Hall–Kier alpha value is -1.40. The van der Waals surface area contributed by atoms with E-state index in [2.05, 4.69) is 4.72 Å². The summed E-state index contributed by atoms with van der Waals surface area (Å²) in [5.74, 6) is -0.731. The summed E-state index contributed by atoms with van der Waals surface area (Å²) in [5.41, 5.74) is 0.533. The van der Waals surface area contributed by atoms with Gasteiger partial charge in [0.2, 0.25) is 10.0 Å². The number of hydrogen-bond acceptors (Lipinski definition) is 3. The van der Waals surface area contributed by atoms with Crippen LogP contribution >= 0.6 is 0 Å². The number of rotatable bonds is 5. The average molecular weight is 297 g/mol. The molecule has 1 aromatic rings. The largest absolute Gasteiger partial charge is 0.478 e. The number of carboxylic acid groups (broad SMARTS) is 1. The number of aryl methyl sites for hydroxylation is 1. The summed E-state index contributed by atoms with van der Waals surface area (Å²) in [5, 5.41) is 8.95. The van der Waals surface area contributed by atoms with Crippen molar-refractivity contribution < 1.29 is 18.3 Å². The fourth-order valence-electron chi connectivity index (χ4n) is 2.54. The second kappa shape index (κ2) is 5.93. The fraction of sp³-hybridized carbons (Fsp3) is 0.500. The molecule has 110 valence electrons. The van der Waals surface area contributed by atoms with E-state index in [1.54, 1.807) is 6.92 Å². The molecule has 6 heteroatoms. The molecule has 0 aromatic heterocycles. The Labute approximate surface area is 119 Å². The van der Waals surface area contributed by atoms with Crippen molar-refractivity contribution >= 4 is 16.0 Å². The van der Waals surface area contributed by atoms with E-state index < -0.39 is 16.0 Å². The number of carbonyl (C=O) groups is 1. The highest BCUT2D eigenvalue weighted by molar-refractivity contribution is 7.89. The summed E-state index contributed by atoms with van der Waals surface area (Å²) in [6, 6.07) is 4.15. The van der Waals surface area contributed by atoms with Gasteiger partial charge in [0.1, 0.15) is 0 Å². The number of nitrogens with one attached hydrogen (secondary N) is 1. The molecule has 0 radical (unpaired) electrons. The van der Waals surface area contributed by atoms with Crippen LogP contribution in [0.2, 0.25) is 0 Å². The Bertz CT molecular complexity index is 604. The summed E-state index contributed by atoms with van der Waals surface area (Å²) >= 11 is 0. The van der Waals surface area contributed by atoms with E-state index in [0.717, 1.165) is 25.7 Å². The molecule has 1 aliphatic rings. The summed E-state index contributed by atoms with van der Waals surface area (Å²) in [6.45, 7) is 2.09. The van der Waals surface area contributed by atoms with Crippen molar-refractivity contribution in [1.29, 1.82) is 0 Å². The van der Waals surface area contributed by atoms with Crippen molar-refractivity contribution in [3.05, 3.63) is 29.3 Å². The standard InChI is InChI=1S/C14H19NO4S/c1-10-6-7-12(14(16)17)8-13(10)20(18,19)15-9-11-4-2-3-5-11/h6-8,11,15H,2-5,9H2,1H3,(H,16,17). The van der Waals surface area contributed by atoms with Gasteiger partial charge in [-0.2, -0.15) is 0 Å². The molecular weight excluding hydrogens is 278 g/mol. The van der Waals surface area contributed by atoms with Crippen LogP contribution < -0.4 is 4.72 Å². The molecule has 0 spiro atoms. The van der Waals surface area contributed by atoms with Gasteiger partial charge >= 0.3 is 5.97 Å². The van der Waals surface area contributed by atoms with Crippen molar-refractivity contribution in [2.45, 2.75) is 37.5 Å². The van der Waals surface area contributed by atoms with Gasteiger partial charge in [-0.15, -0.1) is 0 Å². The van der Waals surface area contributed by atoms with Crippen molar-refractivity contribution in [2.24, 2.45) is 5.92 Å². The molecule has 0 bridgehead atoms. The molecule has 5 nitrogen and oxygen atoms in total. The van der Waals surface area contributed by atoms with Crippen LogP contribution in [-0.2, 0) is 10.0 Å². The Morgan fingerprint density at radius 1 is 1.35 bits per heavy atom. The Balaban J connectivity index is 2.19. The third kappa shape index (κ3) is 3.37. The molecule has 2 rings (SSSR count). The van der Waals surface area contributed by atoms with Crippen LogP contribution in [0.25, 0.3) is 0 Å². The Morgan fingerprint density at radius 2 is 2.00 bits per heavy atom. The highest BCUT2D eigenvalue weighted by atomic mass is 32.2. The highest BCUT2D eigenvalue weighted by Gasteiger charge is 2.22. The third-order valence-electron chi connectivity index (χ3n) is 3.76. The van der Waals surface area contributed by atoms with E-state index in [1.165, 1.54) is 18.2 Å². The van der Waals surface area contributed by atoms with E-state index >= 15 is 0 Å². The molecule has 0 atom stereocenters. The molecular formula is C14H19NO4S. The zero-order chi connectivity index (χ0) is 14.8. The first kappa shape index (κ1) is 15.0. The fourth-order valence-corrected chi connectivity index (χ4v) is 3.93. The first-order chi connectivity index (χ1) is 9.40. The summed E-state index contributed by atoms with van der Waals surface area (Å²) < 4.78 is 27.2. The Kier molecular flexibility index (Phi) is 4.45. The normalized spacial score (nSPS) is 16.4. The SMILES string of the molecule is Cc1ccc(C(=O)O)cc1S(=O)(=O)NCC1CCCC1. The van der Waals surface area contributed by atoms with Gasteiger partial charge in [0, 0.05) is 6.54 Å². The zero-order valence-electron chi connectivity index (χ0n) is 11.4. The number of hydrogen-bond donors (Lipinski definition) is 2. The van der Waals surface area contributed by atoms with Crippen molar-refractivity contribution in [2.75, 3.05) is 6.54 Å². The molecule has 0 amide bonds. The summed E-state index contributed by atoms with van der Waals surface area (Å²) in [6.07, 6.45) is 4.41. The lowest BCUT2D eigenvalue weighted by atomic mass is 10.1. The number of carboxylic acids is 1. The molecule has 1 fully saturated rings. The van der Waals surface area contributed by atoms with Crippen LogP contribution in [0.4, 0.5) is 0 Å². The highest BCUT2D eigenvalue weighted by Crippen LogP contribution is 2.24. The molecule has 20 heavy (non-hydrogen) atoms. The topological polar surface area (TPSA) is 83.5 Å².